The third-order valence-electron chi connectivity index (χ3n) is 1.73. The van der Waals surface area contributed by atoms with Crippen LogP contribution in [0.25, 0.3) is 0 Å². The van der Waals surface area contributed by atoms with Crippen LogP contribution in [0.1, 0.15) is 20.7 Å². The molecule has 0 aliphatic heterocycles. The average molecular weight is 268 g/mol. The molecular weight excluding hydrogens is 263 g/mol. The molecule has 0 saturated carbocycles. The van der Waals surface area contributed by atoms with Crippen molar-refractivity contribution in [2.45, 2.75) is 4.90 Å². The zero-order chi connectivity index (χ0) is 12.5. The van der Waals surface area contributed by atoms with E-state index >= 15 is 0 Å². The Morgan fingerprint density at radius 1 is 1.06 bits per heavy atom. The van der Waals surface area contributed by atoms with Crippen molar-refractivity contribution in [3.63, 3.8) is 0 Å². The van der Waals surface area contributed by atoms with Crippen molar-refractivity contribution in [2.24, 2.45) is 0 Å². The fraction of sp³-hybridized carbons (Fsp3) is 0. The van der Waals surface area contributed by atoms with Gasteiger partial charge >= 0.3 is 41.5 Å². The van der Waals surface area contributed by atoms with Gasteiger partial charge in [0.05, 0.1) is 16.0 Å². The molecule has 1 aromatic rings. The summed E-state index contributed by atoms with van der Waals surface area (Å²) in [5.74, 6) is -3.37. The second-order valence-corrected chi connectivity index (χ2v) is 4.06. The van der Waals surface area contributed by atoms with E-state index in [4.69, 9.17) is 10.2 Å². The van der Waals surface area contributed by atoms with E-state index in [0.717, 1.165) is 18.2 Å². The summed E-state index contributed by atoms with van der Waals surface area (Å²) < 4.78 is 32.4. The molecule has 0 amide bonds. The maximum Gasteiger partial charge on any atom is 1.00 e. The number of hydrogen-bond acceptors (Lipinski definition) is 5. The van der Waals surface area contributed by atoms with Gasteiger partial charge in [-0.3, -0.25) is 0 Å². The monoisotopic (exact) mass is 268 g/mol. The molecule has 0 fully saturated rings. The molecule has 0 spiro atoms. The van der Waals surface area contributed by atoms with Crippen LogP contribution in [0.3, 0.4) is 0 Å². The van der Waals surface area contributed by atoms with Gasteiger partial charge in [0.2, 0.25) is 0 Å². The summed E-state index contributed by atoms with van der Waals surface area (Å²) in [4.78, 5) is 20.1. The van der Waals surface area contributed by atoms with Gasteiger partial charge in [0.25, 0.3) is 0 Å². The van der Waals surface area contributed by atoms with Crippen LogP contribution in [0.4, 0.5) is 0 Å². The Hall–Kier alpha value is -0.930. The van der Waals surface area contributed by atoms with Crippen LogP contribution in [0, 0.1) is 0 Å². The Balaban J connectivity index is 0.00000256. The molecular formula is C8H5NaO7S. The predicted octanol–water partition coefficient (Wildman–Crippen LogP) is -3.01. The quantitative estimate of drug-likeness (QED) is 0.440. The van der Waals surface area contributed by atoms with Gasteiger partial charge in [-0.2, -0.15) is 0 Å². The second-order valence-electron chi connectivity index (χ2n) is 2.75. The van der Waals surface area contributed by atoms with Crippen LogP contribution in [0.15, 0.2) is 23.1 Å². The SMILES string of the molecule is O=C(O)c1cccc(C(=O)O)c1S(=O)(=O)[O-].[Na+]. The third kappa shape index (κ3) is 3.51. The van der Waals surface area contributed by atoms with Gasteiger partial charge in [0, 0.05) is 0 Å². The van der Waals surface area contributed by atoms with Crippen LogP contribution < -0.4 is 29.6 Å². The van der Waals surface area contributed by atoms with E-state index in [1.54, 1.807) is 0 Å². The summed E-state index contributed by atoms with van der Waals surface area (Å²) in [5.41, 5.74) is -1.70. The van der Waals surface area contributed by atoms with E-state index in [1.165, 1.54) is 0 Å². The fourth-order valence-electron chi connectivity index (χ4n) is 1.14. The minimum absolute atomic E-state index is 0. The molecule has 0 heterocycles. The number of carbonyl (C=O) groups is 2. The van der Waals surface area contributed by atoms with Crippen molar-refractivity contribution >= 4 is 22.1 Å². The first-order valence-electron chi connectivity index (χ1n) is 3.80. The summed E-state index contributed by atoms with van der Waals surface area (Å²) in [6.45, 7) is 0. The molecule has 7 nitrogen and oxygen atoms in total. The molecule has 1 aromatic carbocycles. The molecule has 2 N–H and O–H groups in total. The van der Waals surface area contributed by atoms with Crippen LogP contribution in [0.2, 0.25) is 0 Å². The maximum absolute atomic E-state index is 10.8. The smallest absolute Gasteiger partial charge is 0.744 e. The number of carboxylic acid groups (broad SMARTS) is 2. The molecule has 0 saturated heterocycles. The fourth-order valence-corrected chi connectivity index (χ4v) is 1.99. The minimum atomic E-state index is -5.17. The van der Waals surface area contributed by atoms with E-state index in [-0.39, 0.29) is 29.6 Å². The first-order chi connectivity index (χ1) is 7.25. The van der Waals surface area contributed by atoms with E-state index in [0.29, 0.717) is 0 Å². The molecule has 0 bridgehead atoms. The van der Waals surface area contributed by atoms with Gasteiger partial charge in [-0.1, -0.05) is 6.07 Å². The molecule has 17 heavy (non-hydrogen) atoms. The minimum Gasteiger partial charge on any atom is -0.744 e. The third-order valence-corrected chi connectivity index (χ3v) is 2.67. The molecule has 0 unspecified atom stereocenters. The van der Waals surface area contributed by atoms with Crippen LogP contribution >= 0.6 is 0 Å². The van der Waals surface area contributed by atoms with Crippen molar-refractivity contribution in [1.82, 2.24) is 0 Å². The first kappa shape index (κ1) is 16.1. The van der Waals surface area contributed by atoms with Crippen LogP contribution in [-0.4, -0.2) is 35.1 Å². The second kappa shape index (κ2) is 5.61. The standard InChI is InChI=1S/C8H6O7S.Na/c9-7(10)4-2-1-3-5(8(11)12)6(4)16(13,14)15;/h1-3H,(H,9,10)(H,11,12)(H,13,14,15);/q;+1/p-1. The van der Waals surface area contributed by atoms with Crippen molar-refractivity contribution in [3.05, 3.63) is 29.3 Å². The van der Waals surface area contributed by atoms with Gasteiger partial charge in [0.15, 0.2) is 0 Å². The Morgan fingerprint density at radius 2 is 1.41 bits per heavy atom. The van der Waals surface area contributed by atoms with Crippen molar-refractivity contribution in [2.75, 3.05) is 0 Å². The van der Waals surface area contributed by atoms with Crippen LogP contribution in [0.5, 0.6) is 0 Å². The summed E-state index contributed by atoms with van der Waals surface area (Å²) >= 11 is 0. The molecule has 0 atom stereocenters. The zero-order valence-electron chi connectivity index (χ0n) is 8.58. The first-order valence-corrected chi connectivity index (χ1v) is 5.21. The normalized spacial score (nSPS) is 10.4. The molecule has 86 valence electrons. The maximum atomic E-state index is 10.8. The van der Waals surface area contributed by atoms with E-state index < -0.39 is 38.1 Å². The average Bonchev–Trinajstić information content (AvgIpc) is 2.15. The molecule has 0 radical (unpaired) electrons. The Morgan fingerprint density at radius 3 is 1.65 bits per heavy atom. The number of carboxylic acids is 2. The molecule has 9 heteroatoms. The topological polar surface area (TPSA) is 132 Å². The summed E-state index contributed by atoms with van der Waals surface area (Å²) in [7, 11) is -5.17. The molecule has 1 rings (SSSR count). The Labute approximate surface area is 118 Å². The van der Waals surface area contributed by atoms with E-state index in [9.17, 15) is 22.6 Å². The predicted molar refractivity (Wildman–Crippen MR) is 48.3 cm³/mol. The van der Waals surface area contributed by atoms with Gasteiger partial charge < -0.3 is 14.8 Å². The summed E-state index contributed by atoms with van der Waals surface area (Å²) in [6, 6.07) is 2.74. The van der Waals surface area contributed by atoms with Crippen molar-refractivity contribution in [3.8, 4) is 0 Å². The number of benzene rings is 1. The van der Waals surface area contributed by atoms with Gasteiger partial charge in [0.1, 0.15) is 10.1 Å². The van der Waals surface area contributed by atoms with Gasteiger partial charge in [-0.05, 0) is 12.1 Å². The van der Waals surface area contributed by atoms with E-state index in [2.05, 4.69) is 0 Å². The van der Waals surface area contributed by atoms with Crippen molar-refractivity contribution < 1.29 is 62.3 Å². The van der Waals surface area contributed by atoms with Gasteiger partial charge in [-0.25, -0.2) is 18.0 Å². The molecule has 0 aliphatic carbocycles. The van der Waals surface area contributed by atoms with Crippen molar-refractivity contribution in [1.29, 1.82) is 0 Å². The Kier molecular flexibility index (Phi) is 5.30. The largest absolute Gasteiger partial charge is 1.00 e. The number of hydrogen-bond donors (Lipinski definition) is 2. The Bertz CT molecular complexity index is 531. The zero-order valence-corrected chi connectivity index (χ0v) is 11.4. The van der Waals surface area contributed by atoms with Crippen LogP contribution in [-0.2, 0) is 10.1 Å². The summed E-state index contributed by atoms with van der Waals surface area (Å²) in [6.07, 6.45) is 0. The summed E-state index contributed by atoms with van der Waals surface area (Å²) in [5, 5.41) is 17.3. The number of aromatic carboxylic acids is 2. The van der Waals surface area contributed by atoms with E-state index in [1.807, 2.05) is 0 Å². The molecule has 0 aromatic heterocycles. The molecule has 0 aliphatic rings. The number of rotatable bonds is 3. The van der Waals surface area contributed by atoms with Gasteiger partial charge in [-0.15, -0.1) is 0 Å².